The monoisotopic (exact) mass is 359 g/mol. The molecular weight excluding hydrogens is 338 g/mol. The quantitative estimate of drug-likeness (QED) is 0.743. The zero-order valence-corrected chi connectivity index (χ0v) is 14.6. The molecule has 0 saturated carbocycles. The summed E-state index contributed by atoms with van der Waals surface area (Å²) >= 11 is 0. The van der Waals surface area contributed by atoms with Gasteiger partial charge in [-0.25, -0.2) is 13.1 Å². The van der Waals surface area contributed by atoms with E-state index in [0.717, 1.165) is 19.5 Å². The van der Waals surface area contributed by atoms with Crippen LogP contribution >= 0.6 is 12.4 Å². The molecule has 2 N–H and O–H groups in total. The van der Waals surface area contributed by atoms with Crippen molar-refractivity contribution in [1.82, 2.24) is 14.9 Å². The lowest BCUT2D eigenvalue weighted by molar-refractivity contribution is 0.0743. The second kappa shape index (κ2) is 8.44. The van der Waals surface area contributed by atoms with Crippen LogP contribution in [-0.4, -0.2) is 51.9 Å². The Morgan fingerprint density at radius 2 is 2.09 bits per heavy atom. The molecule has 1 aliphatic heterocycles. The fourth-order valence-corrected chi connectivity index (χ4v) is 3.37. The van der Waals surface area contributed by atoms with Crippen molar-refractivity contribution >= 4 is 28.3 Å². The highest BCUT2D eigenvalue weighted by Gasteiger charge is 2.24. The Balaban J connectivity index is 0.00000264. The Morgan fingerprint density at radius 3 is 2.61 bits per heavy atom. The van der Waals surface area contributed by atoms with Gasteiger partial charge in [-0.3, -0.25) is 4.79 Å². The lowest BCUT2D eigenvalue weighted by atomic mass is 10.1. The normalized spacial score (nSPS) is 17.3. The van der Waals surface area contributed by atoms with Crippen molar-refractivity contribution in [3.05, 3.63) is 42.5 Å². The molecule has 0 bridgehead atoms. The molecule has 1 aromatic carbocycles. The fourth-order valence-electron chi connectivity index (χ4n) is 2.37. The summed E-state index contributed by atoms with van der Waals surface area (Å²) in [6.45, 7) is 5.34. The molecule has 1 amide bonds. The van der Waals surface area contributed by atoms with E-state index in [9.17, 15) is 13.2 Å². The van der Waals surface area contributed by atoms with Crippen molar-refractivity contribution < 1.29 is 13.2 Å². The molecular formula is C15H22ClN3O3S. The molecule has 1 saturated heterocycles. The van der Waals surface area contributed by atoms with E-state index >= 15 is 0 Å². The van der Waals surface area contributed by atoms with Gasteiger partial charge in [0.05, 0.1) is 4.90 Å². The first-order valence-electron chi connectivity index (χ1n) is 7.14. The maximum Gasteiger partial charge on any atom is 0.253 e. The van der Waals surface area contributed by atoms with Crippen LogP contribution < -0.4 is 10.0 Å². The van der Waals surface area contributed by atoms with Crippen LogP contribution in [0.15, 0.2) is 41.8 Å². The number of nitrogens with zero attached hydrogens (tertiary/aromatic N) is 1. The molecule has 0 spiro atoms. The Bertz CT molecular complexity index is 640. The highest BCUT2D eigenvalue weighted by molar-refractivity contribution is 7.89. The van der Waals surface area contributed by atoms with E-state index in [2.05, 4.69) is 16.6 Å². The number of hydrogen-bond acceptors (Lipinski definition) is 4. The van der Waals surface area contributed by atoms with Crippen molar-refractivity contribution in [2.45, 2.75) is 17.4 Å². The van der Waals surface area contributed by atoms with Gasteiger partial charge in [0, 0.05) is 31.7 Å². The van der Waals surface area contributed by atoms with Crippen LogP contribution in [0, 0.1) is 0 Å². The molecule has 1 aliphatic rings. The van der Waals surface area contributed by atoms with Gasteiger partial charge in [0.2, 0.25) is 10.0 Å². The number of benzene rings is 1. The zero-order valence-electron chi connectivity index (χ0n) is 13.0. The third kappa shape index (κ3) is 4.78. The van der Waals surface area contributed by atoms with Crippen LogP contribution in [0.2, 0.25) is 0 Å². The minimum atomic E-state index is -3.56. The SMILES string of the molecule is C=CCNS(=O)(=O)c1ccc(C(=O)N(C)C2CCNC2)cc1.Cl. The predicted molar refractivity (Wildman–Crippen MR) is 92.4 cm³/mol. The summed E-state index contributed by atoms with van der Waals surface area (Å²) < 4.78 is 26.3. The number of carbonyl (C=O) groups excluding carboxylic acids is 1. The molecule has 128 valence electrons. The summed E-state index contributed by atoms with van der Waals surface area (Å²) in [7, 11) is -1.78. The number of nitrogens with one attached hydrogen (secondary N) is 2. The van der Waals surface area contributed by atoms with Gasteiger partial charge in [-0.05, 0) is 37.2 Å². The first-order valence-corrected chi connectivity index (χ1v) is 8.62. The van der Waals surface area contributed by atoms with E-state index in [0.29, 0.717) is 5.56 Å². The lowest BCUT2D eigenvalue weighted by Gasteiger charge is -2.23. The number of hydrogen-bond donors (Lipinski definition) is 2. The second-order valence-corrected chi connectivity index (χ2v) is 6.99. The lowest BCUT2D eigenvalue weighted by Crippen LogP contribution is -2.38. The van der Waals surface area contributed by atoms with Crippen LogP contribution in [0.3, 0.4) is 0 Å². The molecule has 1 unspecified atom stereocenters. The molecule has 1 aromatic rings. The van der Waals surface area contributed by atoms with E-state index in [-0.39, 0.29) is 35.8 Å². The summed E-state index contributed by atoms with van der Waals surface area (Å²) in [5, 5.41) is 3.22. The average Bonchev–Trinajstić information content (AvgIpc) is 3.06. The number of likely N-dealkylation sites (N-methyl/N-ethyl adjacent to an activating group) is 1. The Morgan fingerprint density at radius 1 is 1.43 bits per heavy atom. The second-order valence-electron chi connectivity index (χ2n) is 5.23. The van der Waals surface area contributed by atoms with Gasteiger partial charge in [-0.15, -0.1) is 19.0 Å². The largest absolute Gasteiger partial charge is 0.337 e. The molecule has 23 heavy (non-hydrogen) atoms. The number of rotatable bonds is 6. The molecule has 6 nitrogen and oxygen atoms in total. The Labute approximate surface area is 143 Å². The van der Waals surface area contributed by atoms with Crippen molar-refractivity contribution in [2.75, 3.05) is 26.7 Å². The topological polar surface area (TPSA) is 78.5 Å². The smallest absolute Gasteiger partial charge is 0.253 e. The first-order chi connectivity index (χ1) is 10.5. The first kappa shape index (κ1) is 19.6. The van der Waals surface area contributed by atoms with E-state index in [4.69, 9.17) is 0 Å². The third-order valence-corrected chi connectivity index (χ3v) is 5.17. The Kier molecular flexibility index (Phi) is 7.21. The van der Waals surface area contributed by atoms with Crippen molar-refractivity contribution in [3.8, 4) is 0 Å². The summed E-state index contributed by atoms with van der Waals surface area (Å²) in [4.78, 5) is 14.2. The van der Waals surface area contributed by atoms with Crippen molar-refractivity contribution in [1.29, 1.82) is 0 Å². The minimum absolute atomic E-state index is 0. The van der Waals surface area contributed by atoms with Crippen LogP contribution in [0.25, 0.3) is 0 Å². The maximum atomic E-state index is 12.4. The molecule has 8 heteroatoms. The van der Waals surface area contributed by atoms with Gasteiger partial charge < -0.3 is 10.2 Å². The van der Waals surface area contributed by atoms with E-state index in [1.165, 1.54) is 18.2 Å². The average molecular weight is 360 g/mol. The highest BCUT2D eigenvalue weighted by Crippen LogP contribution is 2.14. The van der Waals surface area contributed by atoms with Gasteiger partial charge in [0.25, 0.3) is 5.91 Å². The fraction of sp³-hybridized carbons (Fsp3) is 0.400. The molecule has 1 fully saturated rings. The van der Waals surface area contributed by atoms with Gasteiger partial charge in [0.1, 0.15) is 0 Å². The number of carbonyl (C=O) groups is 1. The van der Waals surface area contributed by atoms with Crippen LogP contribution in [0.5, 0.6) is 0 Å². The summed E-state index contributed by atoms with van der Waals surface area (Å²) in [6.07, 6.45) is 2.40. The molecule has 1 heterocycles. The summed E-state index contributed by atoms with van der Waals surface area (Å²) in [5.41, 5.74) is 0.483. The maximum absolute atomic E-state index is 12.4. The highest BCUT2D eigenvalue weighted by atomic mass is 35.5. The molecule has 0 radical (unpaired) electrons. The van der Waals surface area contributed by atoms with Crippen molar-refractivity contribution in [3.63, 3.8) is 0 Å². The molecule has 0 aliphatic carbocycles. The standard InChI is InChI=1S/C15H21N3O3S.ClH/c1-3-9-17-22(20,21)14-6-4-12(5-7-14)15(19)18(2)13-8-10-16-11-13;/h3-7,13,16-17H,1,8-11H2,2H3;1H. The van der Waals surface area contributed by atoms with Crippen molar-refractivity contribution in [2.24, 2.45) is 0 Å². The summed E-state index contributed by atoms with van der Waals surface area (Å²) in [5.74, 6) is -0.100. The number of halogens is 1. The minimum Gasteiger partial charge on any atom is -0.337 e. The van der Waals surface area contributed by atoms with E-state index < -0.39 is 10.0 Å². The summed E-state index contributed by atoms with van der Waals surface area (Å²) in [6, 6.07) is 6.16. The zero-order chi connectivity index (χ0) is 16.2. The predicted octanol–water partition coefficient (Wildman–Crippen LogP) is 1.01. The van der Waals surface area contributed by atoms with Gasteiger partial charge >= 0.3 is 0 Å². The van der Waals surface area contributed by atoms with Gasteiger partial charge in [-0.1, -0.05) is 6.08 Å². The molecule has 1 atom stereocenters. The number of sulfonamides is 1. The van der Waals surface area contributed by atoms with Crippen LogP contribution in [-0.2, 0) is 10.0 Å². The van der Waals surface area contributed by atoms with Gasteiger partial charge in [0.15, 0.2) is 0 Å². The van der Waals surface area contributed by atoms with Gasteiger partial charge in [-0.2, -0.15) is 0 Å². The number of amides is 1. The van der Waals surface area contributed by atoms with Crippen LogP contribution in [0.4, 0.5) is 0 Å². The third-order valence-electron chi connectivity index (χ3n) is 3.73. The van der Waals surface area contributed by atoms with Crippen LogP contribution in [0.1, 0.15) is 16.8 Å². The molecule has 2 rings (SSSR count). The van der Waals surface area contributed by atoms with E-state index in [1.807, 2.05) is 0 Å². The van der Waals surface area contributed by atoms with E-state index in [1.54, 1.807) is 24.1 Å². The Hall–Kier alpha value is -1.41. The molecule has 0 aromatic heterocycles.